The molecular weight excluding hydrogens is 228 g/mol. The van der Waals surface area contributed by atoms with Crippen LogP contribution in [-0.2, 0) is 4.79 Å². The van der Waals surface area contributed by atoms with Crippen molar-refractivity contribution in [2.45, 2.75) is 32.7 Å². The third-order valence-corrected chi connectivity index (χ3v) is 3.61. The van der Waals surface area contributed by atoms with E-state index in [9.17, 15) is 4.79 Å². The van der Waals surface area contributed by atoms with Gasteiger partial charge in [-0.3, -0.25) is 14.7 Å². The molecule has 0 bridgehead atoms. The Hall–Kier alpha value is -1.49. The first-order valence-electron chi connectivity index (χ1n) is 6.31. The number of hydrogen-bond acceptors (Lipinski definition) is 4. The molecule has 2 rings (SSSR count). The number of nitrogens with one attached hydrogen (secondary N) is 1. The highest BCUT2D eigenvalue weighted by molar-refractivity contribution is 5.97. The predicted molar refractivity (Wildman–Crippen MR) is 70.2 cm³/mol. The lowest BCUT2D eigenvalue weighted by molar-refractivity contribution is -0.122. The van der Waals surface area contributed by atoms with Gasteiger partial charge < -0.3 is 5.32 Å². The van der Waals surface area contributed by atoms with Gasteiger partial charge in [0.2, 0.25) is 5.91 Å². The van der Waals surface area contributed by atoms with E-state index in [1.807, 2.05) is 7.05 Å². The monoisotopic (exact) mass is 248 g/mol. The molecule has 1 aromatic heterocycles. The Labute approximate surface area is 108 Å². The summed E-state index contributed by atoms with van der Waals surface area (Å²) in [6.07, 6.45) is 6.87. The van der Waals surface area contributed by atoms with Crippen molar-refractivity contribution in [1.82, 2.24) is 15.3 Å². The van der Waals surface area contributed by atoms with Gasteiger partial charge in [-0.05, 0) is 25.3 Å². The summed E-state index contributed by atoms with van der Waals surface area (Å²) < 4.78 is 0. The molecule has 1 fully saturated rings. The van der Waals surface area contributed by atoms with Crippen molar-refractivity contribution in [1.29, 1.82) is 0 Å². The third kappa shape index (κ3) is 2.36. The van der Waals surface area contributed by atoms with Gasteiger partial charge in [-0.2, -0.15) is 0 Å². The largest absolute Gasteiger partial charge is 0.308 e. The van der Waals surface area contributed by atoms with E-state index in [1.165, 1.54) is 0 Å². The molecule has 98 valence electrons. The van der Waals surface area contributed by atoms with E-state index >= 15 is 0 Å². The van der Waals surface area contributed by atoms with E-state index < -0.39 is 0 Å². The van der Waals surface area contributed by atoms with Gasteiger partial charge in [0.25, 0.3) is 0 Å². The molecule has 0 aliphatic carbocycles. The third-order valence-electron chi connectivity index (χ3n) is 3.61. The normalized spacial score (nSPS) is 23.8. The van der Waals surface area contributed by atoms with Crippen LogP contribution in [-0.4, -0.2) is 35.5 Å². The Morgan fingerprint density at radius 3 is 2.83 bits per heavy atom. The van der Waals surface area contributed by atoms with Crippen LogP contribution >= 0.6 is 0 Å². The molecule has 2 heterocycles. The van der Waals surface area contributed by atoms with Gasteiger partial charge in [-0.25, -0.2) is 4.98 Å². The molecule has 0 saturated carbocycles. The molecule has 1 aromatic rings. The smallest absolute Gasteiger partial charge is 0.245 e. The van der Waals surface area contributed by atoms with Gasteiger partial charge in [0.15, 0.2) is 5.82 Å². The van der Waals surface area contributed by atoms with Crippen molar-refractivity contribution < 1.29 is 4.79 Å². The zero-order valence-electron chi connectivity index (χ0n) is 11.2. The summed E-state index contributed by atoms with van der Waals surface area (Å²) >= 11 is 0. The Bertz CT molecular complexity index is 418. The Morgan fingerprint density at radius 2 is 2.22 bits per heavy atom. The van der Waals surface area contributed by atoms with Gasteiger partial charge in [0, 0.05) is 18.9 Å². The van der Waals surface area contributed by atoms with Crippen molar-refractivity contribution in [2.24, 2.45) is 5.41 Å². The molecule has 1 N–H and O–H groups in total. The fourth-order valence-electron chi connectivity index (χ4n) is 2.61. The molecule has 0 radical (unpaired) electrons. The molecular formula is C13H20N4O. The Balaban J connectivity index is 2.31. The van der Waals surface area contributed by atoms with Gasteiger partial charge >= 0.3 is 0 Å². The maximum Gasteiger partial charge on any atom is 0.245 e. The van der Waals surface area contributed by atoms with Crippen molar-refractivity contribution in [3.63, 3.8) is 0 Å². The van der Waals surface area contributed by atoms with Crippen LogP contribution in [0.25, 0.3) is 0 Å². The second kappa shape index (κ2) is 5.02. The fourth-order valence-corrected chi connectivity index (χ4v) is 2.61. The van der Waals surface area contributed by atoms with Crippen molar-refractivity contribution >= 4 is 11.7 Å². The van der Waals surface area contributed by atoms with Gasteiger partial charge in [-0.1, -0.05) is 13.8 Å². The Kier molecular flexibility index (Phi) is 3.61. The van der Waals surface area contributed by atoms with Gasteiger partial charge in [0.1, 0.15) is 0 Å². The van der Waals surface area contributed by atoms with E-state index in [4.69, 9.17) is 0 Å². The number of carbonyl (C=O) groups is 1. The van der Waals surface area contributed by atoms with Gasteiger partial charge in [-0.15, -0.1) is 0 Å². The topological polar surface area (TPSA) is 58.1 Å². The molecule has 1 amide bonds. The number of anilines is 1. The number of rotatable bonds is 2. The first kappa shape index (κ1) is 13.0. The molecule has 0 spiro atoms. The van der Waals surface area contributed by atoms with Crippen LogP contribution in [0.2, 0.25) is 0 Å². The van der Waals surface area contributed by atoms with Crippen LogP contribution in [0.5, 0.6) is 0 Å². The van der Waals surface area contributed by atoms with Crippen LogP contribution in [0, 0.1) is 5.41 Å². The van der Waals surface area contributed by atoms with Crippen LogP contribution < -0.4 is 10.2 Å². The van der Waals surface area contributed by atoms with Crippen LogP contribution in [0.4, 0.5) is 5.82 Å². The van der Waals surface area contributed by atoms with E-state index in [0.717, 1.165) is 12.8 Å². The van der Waals surface area contributed by atoms with Gasteiger partial charge in [0.05, 0.1) is 12.2 Å². The summed E-state index contributed by atoms with van der Waals surface area (Å²) in [5.74, 6) is 0.723. The average molecular weight is 248 g/mol. The van der Waals surface area contributed by atoms with Crippen LogP contribution in [0.15, 0.2) is 18.6 Å². The number of nitrogens with zero attached hydrogens (tertiary/aromatic N) is 3. The summed E-state index contributed by atoms with van der Waals surface area (Å²) in [4.78, 5) is 22.6. The molecule has 1 unspecified atom stereocenters. The lowest BCUT2D eigenvalue weighted by Gasteiger charge is -2.32. The summed E-state index contributed by atoms with van der Waals surface area (Å²) in [6.45, 7) is 4.97. The highest BCUT2D eigenvalue weighted by atomic mass is 16.2. The molecule has 18 heavy (non-hydrogen) atoms. The predicted octanol–water partition coefficient (Wildman–Crippen LogP) is 1.22. The maximum atomic E-state index is 12.6. The fraction of sp³-hybridized carbons (Fsp3) is 0.615. The first-order valence-corrected chi connectivity index (χ1v) is 6.31. The summed E-state index contributed by atoms with van der Waals surface area (Å²) in [6, 6.07) is -0.179. The number of likely N-dealkylation sites (N-methyl/N-ethyl adjacent to an activating group) is 1. The molecule has 1 atom stereocenters. The maximum absolute atomic E-state index is 12.6. The van der Waals surface area contributed by atoms with E-state index in [-0.39, 0.29) is 17.4 Å². The minimum absolute atomic E-state index is 0.0389. The van der Waals surface area contributed by atoms with Crippen LogP contribution in [0.1, 0.15) is 26.7 Å². The van der Waals surface area contributed by atoms with Crippen molar-refractivity contribution in [2.75, 3.05) is 18.5 Å². The summed E-state index contributed by atoms with van der Waals surface area (Å²) in [5.41, 5.74) is -0.0389. The minimum atomic E-state index is -0.179. The van der Waals surface area contributed by atoms with E-state index in [1.54, 1.807) is 23.5 Å². The number of hydrogen-bond donors (Lipinski definition) is 1. The molecule has 0 aromatic carbocycles. The molecule has 1 saturated heterocycles. The Morgan fingerprint density at radius 1 is 1.44 bits per heavy atom. The van der Waals surface area contributed by atoms with E-state index in [0.29, 0.717) is 12.4 Å². The van der Waals surface area contributed by atoms with Crippen molar-refractivity contribution in [3.05, 3.63) is 18.6 Å². The average Bonchev–Trinajstić information content (AvgIpc) is 2.46. The SMILES string of the molecule is CNC1C(=O)N(c2cnccn2)CCCC1(C)C. The quantitative estimate of drug-likeness (QED) is 0.855. The van der Waals surface area contributed by atoms with Crippen LogP contribution in [0.3, 0.4) is 0 Å². The molecule has 5 heteroatoms. The van der Waals surface area contributed by atoms with Crippen molar-refractivity contribution in [3.8, 4) is 0 Å². The number of amides is 1. The molecule has 1 aliphatic rings. The highest BCUT2D eigenvalue weighted by Crippen LogP contribution is 2.32. The zero-order valence-corrected chi connectivity index (χ0v) is 11.2. The second-order valence-corrected chi connectivity index (χ2v) is 5.37. The minimum Gasteiger partial charge on any atom is -0.308 e. The second-order valence-electron chi connectivity index (χ2n) is 5.37. The first-order chi connectivity index (χ1) is 8.56. The lowest BCUT2D eigenvalue weighted by Crippen LogP contribution is -2.51. The summed E-state index contributed by atoms with van der Waals surface area (Å²) in [5, 5.41) is 3.14. The molecule has 5 nitrogen and oxygen atoms in total. The standard InChI is InChI=1S/C13H20N4O/c1-13(2)5-4-8-17(12(18)11(13)14-3)10-9-15-6-7-16-10/h6-7,9,11,14H,4-5,8H2,1-3H3. The number of aromatic nitrogens is 2. The van der Waals surface area contributed by atoms with E-state index in [2.05, 4.69) is 29.1 Å². The zero-order chi connectivity index (χ0) is 13.2. The summed E-state index contributed by atoms with van der Waals surface area (Å²) in [7, 11) is 1.84. The number of carbonyl (C=O) groups excluding carboxylic acids is 1. The highest BCUT2D eigenvalue weighted by Gasteiger charge is 2.39. The molecule has 1 aliphatic heterocycles. The lowest BCUT2D eigenvalue weighted by atomic mass is 9.80.